The quantitative estimate of drug-likeness (QED) is 0.713. The van der Waals surface area contributed by atoms with Crippen LogP contribution in [0.25, 0.3) is 0 Å². The summed E-state index contributed by atoms with van der Waals surface area (Å²) in [5.41, 5.74) is 0.393. The van der Waals surface area contributed by atoms with E-state index in [4.69, 9.17) is 14.6 Å². The van der Waals surface area contributed by atoms with Gasteiger partial charge in [0.15, 0.2) is 0 Å². The van der Waals surface area contributed by atoms with Gasteiger partial charge in [-0.1, -0.05) is 30.3 Å². The molecular formula is C12H16O4. The average Bonchev–Trinajstić information content (AvgIpc) is 2.68. The zero-order valence-electron chi connectivity index (χ0n) is 9.60. The Bertz CT molecular complexity index is 368. The molecule has 1 atom stereocenters. The summed E-state index contributed by atoms with van der Waals surface area (Å²) < 4.78 is 5.23. The first kappa shape index (κ1) is 12.7. The van der Waals surface area contributed by atoms with Gasteiger partial charge in [0, 0.05) is 12.5 Å². The molecule has 1 aromatic carbocycles. The number of carboxylic acid groups (broad SMARTS) is 1. The first-order chi connectivity index (χ1) is 7.29. The summed E-state index contributed by atoms with van der Waals surface area (Å²) in [6, 6.07) is 9.45. The van der Waals surface area contributed by atoms with Gasteiger partial charge in [0.25, 0.3) is 5.97 Å². The van der Waals surface area contributed by atoms with Crippen LogP contribution in [0.5, 0.6) is 0 Å². The van der Waals surface area contributed by atoms with E-state index in [-0.39, 0.29) is 0 Å². The van der Waals surface area contributed by atoms with Gasteiger partial charge in [-0.3, -0.25) is 4.79 Å². The molecule has 4 nitrogen and oxygen atoms in total. The van der Waals surface area contributed by atoms with Crippen LogP contribution in [0.4, 0.5) is 0 Å². The van der Waals surface area contributed by atoms with E-state index < -0.39 is 17.4 Å². The van der Waals surface area contributed by atoms with Crippen LogP contribution in [0.2, 0.25) is 0 Å². The maximum Gasteiger partial charge on any atom is 0.300 e. The molecule has 0 aromatic heterocycles. The third-order valence-corrected chi connectivity index (χ3v) is 2.34. The van der Waals surface area contributed by atoms with Crippen LogP contribution in [-0.4, -0.2) is 21.8 Å². The van der Waals surface area contributed by atoms with Crippen molar-refractivity contribution in [1.82, 2.24) is 0 Å². The normalized spacial score (nSPS) is 25.2. The van der Waals surface area contributed by atoms with Crippen molar-refractivity contribution in [1.29, 1.82) is 0 Å². The van der Waals surface area contributed by atoms with Crippen molar-refractivity contribution in [2.45, 2.75) is 32.2 Å². The molecule has 1 aliphatic heterocycles. The van der Waals surface area contributed by atoms with E-state index in [2.05, 4.69) is 0 Å². The highest BCUT2D eigenvalue weighted by atomic mass is 16.7. The summed E-state index contributed by atoms with van der Waals surface area (Å²) >= 11 is 0. The third-order valence-electron chi connectivity index (χ3n) is 2.34. The molecule has 1 fully saturated rings. The number of benzene rings is 1. The highest BCUT2D eigenvalue weighted by Gasteiger charge is 2.64. The molecule has 0 radical (unpaired) electrons. The average molecular weight is 224 g/mol. The van der Waals surface area contributed by atoms with E-state index in [1.54, 1.807) is 0 Å². The number of carboxylic acids is 1. The van der Waals surface area contributed by atoms with Gasteiger partial charge in [-0.2, -0.15) is 0 Å². The summed E-state index contributed by atoms with van der Waals surface area (Å²) in [6.45, 7) is 4.83. The third kappa shape index (κ3) is 2.59. The maximum atomic E-state index is 9.91. The van der Waals surface area contributed by atoms with Crippen molar-refractivity contribution < 1.29 is 19.7 Å². The molecule has 2 rings (SSSR count). The van der Waals surface area contributed by atoms with Gasteiger partial charge in [-0.15, -0.1) is 0 Å². The van der Waals surface area contributed by atoms with E-state index in [1.807, 2.05) is 44.2 Å². The van der Waals surface area contributed by atoms with Gasteiger partial charge >= 0.3 is 0 Å². The van der Waals surface area contributed by atoms with Crippen LogP contribution < -0.4 is 0 Å². The molecule has 1 unspecified atom stereocenters. The molecule has 4 heteroatoms. The van der Waals surface area contributed by atoms with Gasteiger partial charge in [-0.25, -0.2) is 0 Å². The van der Waals surface area contributed by atoms with E-state index in [0.29, 0.717) is 0 Å². The predicted molar refractivity (Wildman–Crippen MR) is 58.8 cm³/mol. The summed E-state index contributed by atoms with van der Waals surface area (Å²) in [5.74, 6) is -1.89. The first-order valence-electron chi connectivity index (χ1n) is 4.97. The lowest BCUT2D eigenvalue weighted by Gasteiger charge is -2.06. The monoisotopic (exact) mass is 224 g/mol. The molecule has 1 aromatic rings. The van der Waals surface area contributed by atoms with Crippen molar-refractivity contribution in [3.05, 3.63) is 35.9 Å². The summed E-state index contributed by atoms with van der Waals surface area (Å²) in [5, 5.41) is 17.3. The number of hydrogen-bond acceptors (Lipinski definition) is 3. The topological polar surface area (TPSA) is 70.1 Å². The summed E-state index contributed by atoms with van der Waals surface area (Å²) in [4.78, 5) is 9.00. The van der Waals surface area contributed by atoms with Crippen molar-refractivity contribution in [2.24, 2.45) is 0 Å². The van der Waals surface area contributed by atoms with E-state index in [1.165, 1.54) is 0 Å². The van der Waals surface area contributed by atoms with Crippen molar-refractivity contribution in [3.8, 4) is 0 Å². The number of epoxide rings is 1. The summed E-state index contributed by atoms with van der Waals surface area (Å²) in [6.07, 6.45) is 0. The van der Waals surface area contributed by atoms with Gasteiger partial charge in [0.2, 0.25) is 5.79 Å². The van der Waals surface area contributed by atoms with Crippen LogP contribution in [0.15, 0.2) is 30.3 Å². The Kier molecular flexibility index (Phi) is 3.35. The van der Waals surface area contributed by atoms with Gasteiger partial charge in [0.1, 0.15) is 5.60 Å². The largest absolute Gasteiger partial charge is 0.481 e. The van der Waals surface area contributed by atoms with Crippen LogP contribution in [0.3, 0.4) is 0 Å². The molecule has 16 heavy (non-hydrogen) atoms. The Balaban J connectivity index is 0.000000280. The Morgan fingerprint density at radius 2 is 1.62 bits per heavy atom. The zero-order chi connectivity index (χ0) is 12.4. The number of aliphatic carboxylic acids is 1. The Hall–Kier alpha value is -1.39. The highest BCUT2D eigenvalue weighted by molar-refractivity contribution is 5.62. The molecule has 1 aliphatic rings. The molecule has 0 bridgehead atoms. The van der Waals surface area contributed by atoms with E-state index in [9.17, 15) is 5.11 Å². The predicted octanol–water partition coefficient (Wildman–Crippen LogP) is 1.73. The van der Waals surface area contributed by atoms with Crippen molar-refractivity contribution >= 4 is 5.97 Å². The number of ether oxygens (including phenoxy) is 1. The minimum Gasteiger partial charge on any atom is -0.481 e. The molecule has 0 aliphatic carbocycles. The fraction of sp³-hybridized carbons (Fsp3) is 0.417. The Morgan fingerprint density at radius 1 is 1.25 bits per heavy atom. The minimum atomic E-state index is -1.06. The van der Waals surface area contributed by atoms with Crippen LogP contribution in [-0.2, 0) is 15.3 Å². The number of hydrogen-bond donors (Lipinski definition) is 2. The molecule has 1 saturated heterocycles. The molecule has 1 heterocycles. The number of aliphatic hydroxyl groups is 1. The smallest absolute Gasteiger partial charge is 0.300 e. The molecular weight excluding hydrogens is 208 g/mol. The maximum absolute atomic E-state index is 9.91. The second-order valence-corrected chi connectivity index (χ2v) is 4.14. The van der Waals surface area contributed by atoms with Crippen molar-refractivity contribution in [3.63, 3.8) is 0 Å². The lowest BCUT2D eigenvalue weighted by molar-refractivity contribution is -0.134. The molecule has 0 saturated carbocycles. The second-order valence-electron chi connectivity index (χ2n) is 4.14. The number of rotatable bonds is 1. The lowest BCUT2D eigenvalue weighted by Crippen LogP contribution is -2.17. The number of carbonyl (C=O) groups is 1. The molecule has 0 amide bonds. The summed E-state index contributed by atoms with van der Waals surface area (Å²) in [7, 11) is 0. The van der Waals surface area contributed by atoms with Crippen molar-refractivity contribution in [2.75, 3.05) is 0 Å². The zero-order valence-corrected chi connectivity index (χ0v) is 9.60. The fourth-order valence-corrected chi connectivity index (χ4v) is 1.41. The molecule has 0 spiro atoms. The van der Waals surface area contributed by atoms with Crippen LogP contribution in [0.1, 0.15) is 26.3 Å². The van der Waals surface area contributed by atoms with Crippen LogP contribution >= 0.6 is 0 Å². The van der Waals surface area contributed by atoms with Gasteiger partial charge in [0.05, 0.1) is 0 Å². The van der Waals surface area contributed by atoms with Crippen LogP contribution in [0, 0.1) is 0 Å². The standard InChI is InChI=1S/C10H12O2.C2H4O2/c1-9(2)10(11,12-9)8-6-4-3-5-7-8;1-2(3)4/h3-7,11H,1-2H3;1H3,(H,3,4). The molecule has 2 N–H and O–H groups in total. The van der Waals surface area contributed by atoms with Gasteiger partial charge in [-0.05, 0) is 13.8 Å². The Labute approximate surface area is 94.5 Å². The lowest BCUT2D eigenvalue weighted by atomic mass is 10.00. The van der Waals surface area contributed by atoms with E-state index in [0.717, 1.165) is 12.5 Å². The van der Waals surface area contributed by atoms with Gasteiger partial charge < -0.3 is 14.9 Å². The Morgan fingerprint density at radius 3 is 1.94 bits per heavy atom. The first-order valence-corrected chi connectivity index (χ1v) is 4.97. The highest BCUT2D eigenvalue weighted by Crippen LogP contribution is 2.52. The fourth-order valence-electron chi connectivity index (χ4n) is 1.41. The SMILES string of the molecule is CC(=O)O.CC1(C)OC1(O)c1ccccc1. The molecule has 88 valence electrons. The second kappa shape index (κ2) is 4.23. The minimum absolute atomic E-state index is 0.436. The van der Waals surface area contributed by atoms with E-state index >= 15 is 0 Å².